The van der Waals surface area contributed by atoms with Crippen molar-refractivity contribution < 1.29 is 9.53 Å². The number of hydrogen-bond acceptors (Lipinski definition) is 3. The Kier molecular flexibility index (Phi) is 6.22. The number of aryl methyl sites for hydroxylation is 1. The van der Waals surface area contributed by atoms with E-state index < -0.39 is 6.10 Å². The first-order valence-corrected chi connectivity index (χ1v) is 6.47. The van der Waals surface area contributed by atoms with Gasteiger partial charge in [-0.3, -0.25) is 10.2 Å². The van der Waals surface area contributed by atoms with Gasteiger partial charge in [0.25, 0.3) is 5.91 Å². The van der Waals surface area contributed by atoms with Crippen LogP contribution in [0.25, 0.3) is 0 Å². The van der Waals surface area contributed by atoms with E-state index in [-0.39, 0.29) is 5.91 Å². The molecule has 0 aromatic heterocycles. The fraction of sp³-hybridized carbons (Fsp3) is 0.500. The van der Waals surface area contributed by atoms with Crippen LogP contribution in [0.3, 0.4) is 0 Å². The normalized spacial score (nSPS) is 11.9. The maximum absolute atomic E-state index is 11.5. The van der Waals surface area contributed by atoms with Gasteiger partial charge >= 0.3 is 0 Å². The minimum Gasteiger partial charge on any atom is -0.481 e. The number of ether oxygens (including phenoxy) is 1. The lowest BCUT2D eigenvalue weighted by Gasteiger charge is -2.17. The van der Waals surface area contributed by atoms with Crippen LogP contribution in [-0.2, 0) is 11.2 Å². The zero-order chi connectivity index (χ0) is 13.4. The molecule has 1 aromatic carbocycles. The van der Waals surface area contributed by atoms with E-state index in [0.29, 0.717) is 12.2 Å². The summed E-state index contributed by atoms with van der Waals surface area (Å²) in [7, 11) is 0. The molecule has 0 radical (unpaired) electrons. The second-order valence-corrected chi connectivity index (χ2v) is 4.30. The molecule has 3 N–H and O–H groups in total. The fourth-order valence-corrected chi connectivity index (χ4v) is 1.79. The van der Waals surface area contributed by atoms with Crippen molar-refractivity contribution in [1.29, 1.82) is 0 Å². The van der Waals surface area contributed by atoms with Gasteiger partial charge in [0.15, 0.2) is 6.10 Å². The van der Waals surface area contributed by atoms with Crippen LogP contribution in [0.15, 0.2) is 24.3 Å². The van der Waals surface area contributed by atoms with E-state index in [4.69, 9.17) is 10.6 Å². The van der Waals surface area contributed by atoms with E-state index in [0.717, 1.165) is 19.3 Å². The summed E-state index contributed by atoms with van der Waals surface area (Å²) in [6, 6.07) is 7.86. The average molecular weight is 250 g/mol. The third kappa shape index (κ3) is 4.37. The highest BCUT2D eigenvalue weighted by Gasteiger charge is 2.18. The molecule has 4 nitrogen and oxygen atoms in total. The van der Waals surface area contributed by atoms with Crippen LogP contribution < -0.4 is 16.0 Å². The number of carbonyl (C=O) groups is 1. The number of nitrogens with two attached hydrogens (primary N) is 1. The number of nitrogens with one attached hydrogen (secondary N) is 1. The van der Waals surface area contributed by atoms with Crippen LogP contribution in [0.2, 0.25) is 0 Å². The number of amides is 1. The standard InChI is InChI=1S/C14H22N2O2/c1-3-5-11-7-9-12(10-8-11)18-13(6-4-2)14(17)16-15/h7-10,13H,3-6,15H2,1-2H3,(H,16,17). The van der Waals surface area contributed by atoms with Gasteiger partial charge in [-0.15, -0.1) is 0 Å². The molecule has 4 heteroatoms. The molecule has 0 aliphatic heterocycles. The quantitative estimate of drug-likeness (QED) is 0.443. The van der Waals surface area contributed by atoms with Gasteiger partial charge < -0.3 is 4.74 Å². The van der Waals surface area contributed by atoms with E-state index >= 15 is 0 Å². The average Bonchev–Trinajstić information content (AvgIpc) is 2.40. The number of carbonyl (C=O) groups excluding carboxylic acids is 1. The Labute approximate surface area is 108 Å². The first-order valence-electron chi connectivity index (χ1n) is 6.47. The highest BCUT2D eigenvalue weighted by atomic mass is 16.5. The molecule has 100 valence electrons. The molecule has 0 aliphatic rings. The lowest BCUT2D eigenvalue weighted by Crippen LogP contribution is -2.42. The van der Waals surface area contributed by atoms with Crippen molar-refractivity contribution in [2.75, 3.05) is 0 Å². The molecule has 0 saturated heterocycles. The van der Waals surface area contributed by atoms with Crippen molar-refractivity contribution >= 4 is 5.91 Å². The molecule has 0 fully saturated rings. The van der Waals surface area contributed by atoms with Gasteiger partial charge in [0, 0.05) is 0 Å². The third-order valence-corrected chi connectivity index (χ3v) is 2.73. The fourth-order valence-electron chi connectivity index (χ4n) is 1.79. The van der Waals surface area contributed by atoms with Gasteiger partial charge in [-0.25, -0.2) is 5.84 Å². The van der Waals surface area contributed by atoms with E-state index in [2.05, 4.69) is 12.3 Å². The SMILES string of the molecule is CCCc1ccc(OC(CCC)C(=O)NN)cc1. The maximum atomic E-state index is 11.5. The first-order chi connectivity index (χ1) is 8.71. The second-order valence-electron chi connectivity index (χ2n) is 4.30. The molecule has 1 aromatic rings. The molecular formula is C14H22N2O2. The van der Waals surface area contributed by atoms with E-state index in [1.807, 2.05) is 31.2 Å². The van der Waals surface area contributed by atoms with Crippen molar-refractivity contribution in [3.05, 3.63) is 29.8 Å². The molecule has 0 aliphatic carbocycles. The summed E-state index contributed by atoms with van der Waals surface area (Å²) >= 11 is 0. The third-order valence-electron chi connectivity index (χ3n) is 2.73. The number of rotatable bonds is 7. The predicted molar refractivity (Wildman–Crippen MR) is 72.1 cm³/mol. The van der Waals surface area contributed by atoms with Gasteiger partial charge in [-0.2, -0.15) is 0 Å². The first kappa shape index (κ1) is 14.5. The van der Waals surface area contributed by atoms with Crippen molar-refractivity contribution in [2.45, 2.75) is 45.6 Å². The second kappa shape index (κ2) is 7.71. The van der Waals surface area contributed by atoms with Crippen molar-refractivity contribution in [3.63, 3.8) is 0 Å². The van der Waals surface area contributed by atoms with Crippen LogP contribution in [0.1, 0.15) is 38.7 Å². The Hall–Kier alpha value is -1.55. The van der Waals surface area contributed by atoms with Gasteiger partial charge in [-0.1, -0.05) is 38.8 Å². The number of benzene rings is 1. The molecule has 0 bridgehead atoms. The van der Waals surface area contributed by atoms with Crippen molar-refractivity contribution in [3.8, 4) is 5.75 Å². The van der Waals surface area contributed by atoms with E-state index in [1.54, 1.807) is 0 Å². The lowest BCUT2D eigenvalue weighted by atomic mass is 10.1. The van der Waals surface area contributed by atoms with Crippen LogP contribution in [0.4, 0.5) is 0 Å². The predicted octanol–water partition coefficient (Wildman–Crippen LogP) is 2.18. The minimum absolute atomic E-state index is 0.283. The summed E-state index contributed by atoms with van der Waals surface area (Å²) < 4.78 is 5.65. The molecule has 0 saturated carbocycles. The van der Waals surface area contributed by atoms with Gasteiger partial charge in [0.1, 0.15) is 5.75 Å². The topological polar surface area (TPSA) is 64.3 Å². The summed E-state index contributed by atoms with van der Waals surface area (Å²) in [5.74, 6) is 5.56. The van der Waals surface area contributed by atoms with E-state index in [9.17, 15) is 4.79 Å². The Morgan fingerprint density at radius 1 is 1.28 bits per heavy atom. The van der Waals surface area contributed by atoms with Crippen molar-refractivity contribution in [1.82, 2.24) is 5.43 Å². The Morgan fingerprint density at radius 2 is 1.94 bits per heavy atom. The van der Waals surface area contributed by atoms with Crippen LogP contribution >= 0.6 is 0 Å². The highest BCUT2D eigenvalue weighted by molar-refractivity contribution is 5.80. The van der Waals surface area contributed by atoms with Gasteiger partial charge in [0.2, 0.25) is 0 Å². The van der Waals surface area contributed by atoms with Crippen LogP contribution in [0, 0.1) is 0 Å². The number of hydrogen-bond donors (Lipinski definition) is 2. The summed E-state index contributed by atoms with van der Waals surface area (Å²) in [5, 5.41) is 0. The minimum atomic E-state index is -0.517. The lowest BCUT2D eigenvalue weighted by molar-refractivity contribution is -0.128. The van der Waals surface area contributed by atoms with Crippen LogP contribution in [-0.4, -0.2) is 12.0 Å². The van der Waals surface area contributed by atoms with Gasteiger partial charge in [0.05, 0.1) is 0 Å². The molecule has 18 heavy (non-hydrogen) atoms. The molecule has 1 rings (SSSR count). The zero-order valence-electron chi connectivity index (χ0n) is 11.1. The summed E-state index contributed by atoms with van der Waals surface area (Å²) in [6.45, 7) is 4.15. The van der Waals surface area contributed by atoms with E-state index in [1.165, 1.54) is 5.56 Å². The van der Waals surface area contributed by atoms with Gasteiger partial charge in [-0.05, 0) is 30.5 Å². The summed E-state index contributed by atoms with van der Waals surface area (Å²) in [5.41, 5.74) is 3.42. The molecule has 1 unspecified atom stereocenters. The molecular weight excluding hydrogens is 228 g/mol. The van der Waals surface area contributed by atoms with Crippen molar-refractivity contribution in [2.24, 2.45) is 5.84 Å². The Balaban J connectivity index is 2.65. The molecule has 1 atom stereocenters. The maximum Gasteiger partial charge on any atom is 0.274 e. The van der Waals surface area contributed by atoms with Crippen LogP contribution in [0.5, 0.6) is 5.75 Å². The summed E-state index contributed by atoms with van der Waals surface area (Å²) in [4.78, 5) is 11.5. The monoisotopic (exact) mass is 250 g/mol. The molecule has 1 amide bonds. The smallest absolute Gasteiger partial charge is 0.274 e. The number of hydrazine groups is 1. The largest absolute Gasteiger partial charge is 0.481 e. The molecule has 0 heterocycles. The zero-order valence-corrected chi connectivity index (χ0v) is 11.1. The highest BCUT2D eigenvalue weighted by Crippen LogP contribution is 2.16. The summed E-state index contributed by atoms with van der Waals surface area (Å²) in [6.07, 6.45) is 3.18. The Bertz CT molecular complexity index is 363. The Morgan fingerprint density at radius 3 is 2.44 bits per heavy atom. The molecule has 0 spiro atoms.